The number of nitrogens with zero attached hydrogens (tertiary/aromatic N) is 3. The minimum absolute atomic E-state index is 0.145. The monoisotopic (exact) mass is 460 g/mol. The summed E-state index contributed by atoms with van der Waals surface area (Å²) in [4.78, 5) is 13.5. The lowest BCUT2D eigenvalue weighted by Gasteiger charge is -2.57. The Bertz CT molecular complexity index is 789. The number of nitrogens with one attached hydrogen (secondary N) is 1. The van der Waals surface area contributed by atoms with Crippen molar-refractivity contribution in [1.82, 2.24) is 15.7 Å². The fraction of sp³-hybridized carbons (Fsp3) is 0.923. The number of hydrogen-bond acceptors (Lipinski definition) is 7. The van der Waals surface area contributed by atoms with Crippen LogP contribution in [0.5, 0.6) is 0 Å². The molecule has 33 heavy (non-hydrogen) atoms. The average Bonchev–Trinajstić information content (AvgIpc) is 3.29. The van der Waals surface area contributed by atoms with Crippen molar-refractivity contribution in [2.24, 2.45) is 46.0 Å². The van der Waals surface area contributed by atoms with Crippen LogP contribution in [0.15, 0.2) is 5.10 Å². The number of amidine groups is 1. The highest BCUT2D eigenvalue weighted by Crippen LogP contribution is 2.64. The van der Waals surface area contributed by atoms with Gasteiger partial charge >= 0.3 is 0 Å². The highest BCUT2D eigenvalue weighted by molar-refractivity contribution is 5.89. The molecule has 0 unspecified atom stereocenters. The molecule has 0 aromatic heterocycles. The van der Waals surface area contributed by atoms with E-state index in [0.717, 1.165) is 49.3 Å². The first-order valence-electron chi connectivity index (χ1n) is 13.4. The van der Waals surface area contributed by atoms with Crippen molar-refractivity contribution in [3.05, 3.63) is 0 Å². The van der Waals surface area contributed by atoms with Crippen molar-refractivity contribution < 1.29 is 14.6 Å². The Morgan fingerprint density at radius 1 is 1.15 bits per heavy atom. The summed E-state index contributed by atoms with van der Waals surface area (Å²) in [5, 5.41) is 19.0. The van der Waals surface area contributed by atoms with Crippen molar-refractivity contribution in [2.45, 2.75) is 84.2 Å². The fourth-order valence-corrected chi connectivity index (χ4v) is 8.87. The SMILES string of the molecule is CCOC[C@@]1(O)CC[C@H]2[C@H](CC[C@@H]3[C@@H]2CC[C@]2(C)[C@@H](C(=O)CN4NN(C)N=C4C)CC[C@@H]32)C1. The molecule has 5 aliphatic rings. The normalized spacial score (nSPS) is 44.8. The van der Waals surface area contributed by atoms with Crippen molar-refractivity contribution >= 4 is 11.6 Å². The molecule has 5 rings (SSSR count). The van der Waals surface area contributed by atoms with Gasteiger partial charge in [0.05, 0.1) is 18.8 Å². The fourth-order valence-electron chi connectivity index (χ4n) is 8.87. The lowest BCUT2D eigenvalue weighted by atomic mass is 9.49. The molecule has 0 radical (unpaired) electrons. The summed E-state index contributed by atoms with van der Waals surface area (Å²) in [5.41, 5.74) is 2.68. The minimum Gasteiger partial charge on any atom is -0.387 e. The van der Waals surface area contributed by atoms with E-state index in [0.29, 0.717) is 37.4 Å². The second kappa shape index (κ2) is 8.80. The minimum atomic E-state index is -0.614. The number of rotatable bonds is 6. The van der Waals surface area contributed by atoms with Gasteiger partial charge in [-0.1, -0.05) is 6.92 Å². The van der Waals surface area contributed by atoms with Crippen LogP contribution in [0.4, 0.5) is 0 Å². The van der Waals surface area contributed by atoms with Crippen molar-refractivity contribution in [3.8, 4) is 0 Å². The van der Waals surface area contributed by atoms with Gasteiger partial charge in [0.2, 0.25) is 0 Å². The zero-order valence-corrected chi connectivity index (χ0v) is 21.1. The van der Waals surface area contributed by atoms with E-state index in [1.54, 1.807) is 5.12 Å². The molecular formula is C26H44N4O3. The van der Waals surface area contributed by atoms with Gasteiger partial charge < -0.3 is 9.84 Å². The van der Waals surface area contributed by atoms with E-state index in [9.17, 15) is 9.90 Å². The smallest absolute Gasteiger partial charge is 0.157 e. The van der Waals surface area contributed by atoms with Crippen LogP contribution in [0.25, 0.3) is 0 Å². The number of fused-ring (bicyclic) bond motifs is 5. The molecule has 1 aliphatic heterocycles. The Balaban J connectivity index is 1.25. The molecule has 4 aliphatic carbocycles. The molecular weight excluding hydrogens is 416 g/mol. The third kappa shape index (κ3) is 4.12. The summed E-state index contributed by atoms with van der Waals surface area (Å²) < 4.78 is 5.63. The largest absolute Gasteiger partial charge is 0.387 e. The topological polar surface area (TPSA) is 77.4 Å². The Morgan fingerprint density at radius 3 is 2.67 bits per heavy atom. The second-order valence-electron chi connectivity index (χ2n) is 12.0. The van der Waals surface area contributed by atoms with Gasteiger partial charge in [0.25, 0.3) is 0 Å². The van der Waals surface area contributed by atoms with Crippen LogP contribution in [-0.4, -0.2) is 59.3 Å². The van der Waals surface area contributed by atoms with Crippen LogP contribution in [0.1, 0.15) is 78.6 Å². The predicted octanol–water partition coefficient (Wildman–Crippen LogP) is 3.59. The number of ether oxygens (including phenoxy) is 1. The molecule has 8 atom stereocenters. The molecule has 0 aromatic rings. The van der Waals surface area contributed by atoms with E-state index in [-0.39, 0.29) is 11.3 Å². The third-order valence-electron chi connectivity index (χ3n) is 10.3. The van der Waals surface area contributed by atoms with Crippen LogP contribution in [0.2, 0.25) is 0 Å². The van der Waals surface area contributed by atoms with Crippen molar-refractivity contribution in [3.63, 3.8) is 0 Å². The molecule has 1 heterocycles. The highest BCUT2D eigenvalue weighted by atomic mass is 16.5. The quantitative estimate of drug-likeness (QED) is 0.631. The summed E-state index contributed by atoms with van der Waals surface area (Å²) >= 11 is 0. The average molecular weight is 461 g/mol. The molecule has 4 fully saturated rings. The summed E-state index contributed by atoms with van der Waals surface area (Å²) in [7, 11) is 1.86. The maximum Gasteiger partial charge on any atom is 0.157 e. The summed E-state index contributed by atoms with van der Waals surface area (Å²) in [5.74, 6) is 5.04. The molecule has 0 bridgehead atoms. The molecule has 0 aromatic carbocycles. The molecule has 0 amide bonds. The van der Waals surface area contributed by atoms with E-state index < -0.39 is 5.60 Å². The molecule has 4 saturated carbocycles. The zero-order valence-electron chi connectivity index (χ0n) is 21.1. The van der Waals surface area contributed by atoms with Gasteiger partial charge in [-0.25, -0.2) is 5.12 Å². The van der Waals surface area contributed by atoms with Gasteiger partial charge in [0.15, 0.2) is 5.78 Å². The van der Waals surface area contributed by atoms with Gasteiger partial charge in [-0.15, -0.1) is 10.6 Å². The Labute approximate surface area is 199 Å². The van der Waals surface area contributed by atoms with Gasteiger partial charge in [-0.05, 0) is 107 Å². The number of ketones is 1. The Morgan fingerprint density at radius 2 is 1.94 bits per heavy atom. The maximum absolute atomic E-state index is 13.5. The van der Waals surface area contributed by atoms with E-state index in [1.807, 2.05) is 25.9 Å². The first-order valence-corrected chi connectivity index (χ1v) is 13.4. The Hall–Kier alpha value is -1.18. The van der Waals surface area contributed by atoms with Gasteiger partial charge in [-0.3, -0.25) is 9.80 Å². The van der Waals surface area contributed by atoms with Crippen LogP contribution in [0.3, 0.4) is 0 Å². The number of Topliss-reactive ketones (excluding diaryl/α,β-unsaturated/α-hetero) is 1. The molecule has 0 saturated heterocycles. The lowest BCUT2D eigenvalue weighted by molar-refractivity contribution is -0.138. The van der Waals surface area contributed by atoms with Gasteiger partial charge in [0.1, 0.15) is 5.84 Å². The standard InChI is InChI=1S/C26H44N4O3/c1-5-33-16-26(32)13-11-19-18(14-26)6-7-21-20(19)10-12-25(3)22(21)8-9-23(25)24(31)15-30-17(2)27-29(4)28-30/h18-23,28,32H,5-16H2,1-4H3/t18-,19+,20-,21-,22+,23-,25+,26-/m1/s1. The number of hydrazone groups is 1. The third-order valence-corrected chi connectivity index (χ3v) is 10.3. The number of carbonyl (C=O) groups excluding carboxylic acids is 1. The predicted molar refractivity (Wildman–Crippen MR) is 128 cm³/mol. The van der Waals surface area contributed by atoms with Crippen LogP contribution >= 0.6 is 0 Å². The van der Waals surface area contributed by atoms with Crippen molar-refractivity contribution in [1.29, 1.82) is 0 Å². The second-order valence-corrected chi connectivity index (χ2v) is 12.0. The molecule has 0 spiro atoms. The lowest BCUT2D eigenvalue weighted by Crippen LogP contribution is -2.53. The Kier molecular flexibility index (Phi) is 6.28. The maximum atomic E-state index is 13.5. The van der Waals surface area contributed by atoms with Gasteiger partial charge in [0, 0.05) is 19.6 Å². The summed E-state index contributed by atoms with van der Waals surface area (Å²) in [6.07, 6.45) is 10.2. The zero-order chi connectivity index (χ0) is 23.4. The molecule has 2 N–H and O–H groups in total. The molecule has 186 valence electrons. The van der Waals surface area contributed by atoms with Crippen LogP contribution < -0.4 is 5.53 Å². The van der Waals surface area contributed by atoms with Crippen LogP contribution in [-0.2, 0) is 9.53 Å². The van der Waals surface area contributed by atoms with E-state index in [2.05, 4.69) is 17.6 Å². The number of hydrazine groups is 2. The molecule has 7 heteroatoms. The van der Waals surface area contributed by atoms with Crippen LogP contribution in [0, 0.1) is 40.9 Å². The van der Waals surface area contributed by atoms with Gasteiger partial charge in [-0.2, -0.15) is 0 Å². The van der Waals surface area contributed by atoms with E-state index >= 15 is 0 Å². The number of hydrogen-bond donors (Lipinski definition) is 2. The molecule has 7 nitrogen and oxygen atoms in total. The van der Waals surface area contributed by atoms with E-state index in [1.165, 1.54) is 32.1 Å². The summed E-state index contributed by atoms with van der Waals surface area (Å²) in [6, 6.07) is 0. The first-order chi connectivity index (χ1) is 15.7. The van der Waals surface area contributed by atoms with Crippen molar-refractivity contribution in [2.75, 3.05) is 26.8 Å². The first kappa shape index (κ1) is 23.6. The highest BCUT2D eigenvalue weighted by Gasteiger charge is 2.59. The van der Waals surface area contributed by atoms with E-state index in [4.69, 9.17) is 4.74 Å². The number of aliphatic hydroxyl groups is 1. The summed E-state index contributed by atoms with van der Waals surface area (Å²) in [6.45, 7) is 7.97. The number of carbonyl (C=O) groups is 1.